The van der Waals surface area contributed by atoms with Gasteiger partial charge in [0.05, 0.1) is 0 Å². The number of aryl methyl sites for hydroxylation is 1. The van der Waals surface area contributed by atoms with Crippen molar-refractivity contribution in [1.29, 1.82) is 0 Å². The summed E-state index contributed by atoms with van der Waals surface area (Å²) >= 11 is 9.26. The van der Waals surface area contributed by atoms with Crippen molar-refractivity contribution in [3.05, 3.63) is 40.7 Å². The molecule has 7 nitrogen and oxygen atoms in total. The van der Waals surface area contributed by atoms with Crippen LogP contribution in [0.3, 0.4) is 0 Å². The van der Waals surface area contributed by atoms with Crippen molar-refractivity contribution < 1.29 is 9.53 Å². The fraction of sp³-hybridized carbons (Fsp3) is 0.500. The van der Waals surface area contributed by atoms with E-state index in [1.807, 2.05) is 43.5 Å². The maximum Gasteiger partial charge on any atom is 0.407 e. The number of thioether (sulfide) groups is 1. The second-order valence-corrected chi connectivity index (χ2v) is 10.5. The summed E-state index contributed by atoms with van der Waals surface area (Å²) in [6.45, 7) is 6.16. The fourth-order valence-corrected chi connectivity index (χ4v) is 4.77. The van der Waals surface area contributed by atoms with Gasteiger partial charge < -0.3 is 10.1 Å². The van der Waals surface area contributed by atoms with E-state index in [2.05, 4.69) is 26.7 Å². The number of carbonyl (C=O) groups is 1. The summed E-state index contributed by atoms with van der Waals surface area (Å²) in [5.74, 6) is 1.68. The number of amides is 1. The number of rotatable bonds is 9. The number of hydrogen-bond donors (Lipinski definition) is 1. The van der Waals surface area contributed by atoms with Crippen molar-refractivity contribution in [2.45, 2.75) is 62.1 Å². The van der Waals surface area contributed by atoms with Crippen LogP contribution in [0.5, 0.6) is 0 Å². The van der Waals surface area contributed by atoms with Crippen LogP contribution in [0.1, 0.15) is 51.4 Å². The van der Waals surface area contributed by atoms with Gasteiger partial charge in [0.25, 0.3) is 0 Å². The monoisotopic (exact) mass is 467 g/mol. The van der Waals surface area contributed by atoms with Gasteiger partial charge in [-0.05, 0) is 51.3 Å². The Balaban J connectivity index is 1.41. The molecule has 0 spiro atoms. The molecule has 30 heavy (non-hydrogen) atoms. The molecule has 0 fully saturated rings. The van der Waals surface area contributed by atoms with Crippen LogP contribution < -0.4 is 5.32 Å². The van der Waals surface area contributed by atoms with Gasteiger partial charge in [-0.2, -0.15) is 4.52 Å². The Labute approximate surface area is 189 Å². The lowest BCUT2D eigenvalue weighted by molar-refractivity contribution is 0.0527. The lowest BCUT2D eigenvalue weighted by Crippen LogP contribution is -2.32. The van der Waals surface area contributed by atoms with Crippen LogP contribution in [0.25, 0.3) is 4.96 Å². The average Bonchev–Trinajstić information content (AvgIpc) is 3.22. The molecule has 3 aromatic rings. The molecule has 10 heteroatoms. The average molecular weight is 468 g/mol. The molecule has 0 aliphatic carbocycles. The minimum atomic E-state index is -0.470. The topological polar surface area (TPSA) is 81.4 Å². The molecular formula is C20H26ClN5O2S2. The van der Waals surface area contributed by atoms with Gasteiger partial charge in [-0.1, -0.05) is 53.3 Å². The molecule has 0 aliphatic heterocycles. The lowest BCUT2D eigenvalue weighted by atomic mass is 10.2. The zero-order valence-corrected chi connectivity index (χ0v) is 19.7. The molecule has 0 bridgehead atoms. The van der Waals surface area contributed by atoms with E-state index in [-0.39, 0.29) is 6.09 Å². The van der Waals surface area contributed by atoms with E-state index in [0.29, 0.717) is 6.54 Å². The minimum Gasteiger partial charge on any atom is -0.444 e. The first-order chi connectivity index (χ1) is 14.3. The van der Waals surface area contributed by atoms with Crippen molar-refractivity contribution in [2.75, 3.05) is 6.54 Å². The van der Waals surface area contributed by atoms with E-state index >= 15 is 0 Å². The first-order valence-corrected chi connectivity index (χ1v) is 12.0. The molecule has 0 radical (unpaired) electrons. The molecule has 1 N–H and O–H groups in total. The second kappa shape index (κ2) is 10.5. The van der Waals surface area contributed by atoms with Crippen LogP contribution >= 0.6 is 34.7 Å². The molecule has 0 saturated carbocycles. The molecule has 2 aromatic heterocycles. The highest BCUT2D eigenvalue weighted by Crippen LogP contribution is 2.28. The summed E-state index contributed by atoms with van der Waals surface area (Å²) in [6.07, 6.45) is 3.26. The predicted molar refractivity (Wildman–Crippen MR) is 121 cm³/mol. The SMILES string of the molecule is CC(C)(C)OC(=O)NCCCCCc1nnc2sc(SCc3cccc(Cl)c3)nn12. The third-order valence-electron chi connectivity index (χ3n) is 4.03. The zero-order valence-electron chi connectivity index (χ0n) is 17.4. The van der Waals surface area contributed by atoms with Gasteiger partial charge in [0.1, 0.15) is 5.60 Å². The van der Waals surface area contributed by atoms with Crippen LogP contribution in [0.4, 0.5) is 4.79 Å². The Hall–Kier alpha value is -1.84. The normalized spacial score (nSPS) is 11.7. The van der Waals surface area contributed by atoms with E-state index in [1.54, 1.807) is 23.1 Å². The van der Waals surface area contributed by atoms with Crippen molar-refractivity contribution in [2.24, 2.45) is 0 Å². The number of unbranched alkanes of at least 4 members (excludes halogenated alkanes) is 2. The van der Waals surface area contributed by atoms with E-state index < -0.39 is 5.60 Å². The fourth-order valence-electron chi connectivity index (χ4n) is 2.72. The number of benzene rings is 1. The third-order valence-corrected chi connectivity index (χ3v) is 6.37. The molecule has 0 unspecified atom stereocenters. The van der Waals surface area contributed by atoms with E-state index in [4.69, 9.17) is 16.3 Å². The Morgan fingerprint density at radius 1 is 1.27 bits per heavy atom. The number of aromatic nitrogens is 4. The van der Waals surface area contributed by atoms with Gasteiger partial charge in [0, 0.05) is 23.7 Å². The Kier molecular flexibility index (Phi) is 7.96. The molecule has 3 rings (SSSR count). The summed E-state index contributed by atoms with van der Waals surface area (Å²) < 4.78 is 8.02. The molecule has 1 amide bonds. The van der Waals surface area contributed by atoms with Crippen molar-refractivity contribution >= 4 is 45.8 Å². The molecule has 1 aromatic carbocycles. The van der Waals surface area contributed by atoms with Crippen LogP contribution in [0.15, 0.2) is 28.6 Å². The van der Waals surface area contributed by atoms with Crippen LogP contribution in [-0.4, -0.2) is 38.1 Å². The molecule has 2 heterocycles. The number of halogens is 1. The number of carbonyl (C=O) groups excluding carboxylic acids is 1. The van der Waals surface area contributed by atoms with Crippen LogP contribution in [0, 0.1) is 0 Å². The predicted octanol–water partition coefficient (Wildman–Crippen LogP) is 5.37. The van der Waals surface area contributed by atoms with E-state index in [9.17, 15) is 4.79 Å². The summed E-state index contributed by atoms with van der Waals surface area (Å²) in [7, 11) is 0. The van der Waals surface area contributed by atoms with Crippen molar-refractivity contribution in [3.63, 3.8) is 0 Å². The van der Waals surface area contributed by atoms with Gasteiger partial charge in [-0.3, -0.25) is 0 Å². The highest BCUT2D eigenvalue weighted by atomic mass is 35.5. The van der Waals surface area contributed by atoms with Gasteiger partial charge in [0.15, 0.2) is 10.2 Å². The Morgan fingerprint density at radius 2 is 2.10 bits per heavy atom. The molecular weight excluding hydrogens is 442 g/mol. The standard InChI is InChI=1S/C20H26ClN5O2S2/c1-20(2,3)28-18(27)22-11-6-4-5-10-16-23-24-17-26(16)25-19(30-17)29-13-14-8-7-9-15(21)12-14/h7-9,12H,4-6,10-11,13H2,1-3H3,(H,22,27). The Bertz CT molecular complexity index is 983. The van der Waals surface area contributed by atoms with Gasteiger partial charge in [-0.15, -0.1) is 15.3 Å². The first-order valence-electron chi connectivity index (χ1n) is 9.85. The molecule has 162 valence electrons. The minimum absolute atomic E-state index is 0.369. The summed E-state index contributed by atoms with van der Waals surface area (Å²) in [6, 6.07) is 7.86. The van der Waals surface area contributed by atoms with E-state index in [1.165, 1.54) is 5.56 Å². The van der Waals surface area contributed by atoms with Gasteiger partial charge >= 0.3 is 6.09 Å². The highest BCUT2D eigenvalue weighted by molar-refractivity contribution is 8.00. The number of ether oxygens (including phenoxy) is 1. The van der Waals surface area contributed by atoms with Crippen LogP contribution in [0.2, 0.25) is 5.02 Å². The number of nitrogens with zero attached hydrogens (tertiary/aromatic N) is 4. The van der Waals surface area contributed by atoms with Gasteiger partial charge in [0.2, 0.25) is 4.96 Å². The quantitative estimate of drug-likeness (QED) is 0.336. The summed E-state index contributed by atoms with van der Waals surface area (Å²) in [5.41, 5.74) is 0.695. The number of alkyl carbamates (subject to hydrolysis) is 1. The highest BCUT2D eigenvalue weighted by Gasteiger charge is 2.15. The molecule has 0 atom stereocenters. The summed E-state index contributed by atoms with van der Waals surface area (Å²) in [5, 5.41) is 16.7. The number of nitrogens with one attached hydrogen (secondary N) is 1. The second-order valence-electron chi connectivity index (χ2n) is 7.84. The van der Waals surface area contributed by atoms with Crippen molar-refractivity contribution in [1.82, 2.24) is 25.1 Å². The van der Waals surface area contributed by atoms with Gasteiger partial charge in [-0.25, -0.2) is 4.79 Å². The lowest BCUT2D eigenvalue weighted by Gasteiger charge is -2.19. The number of hydrogen-bond acceptors (Lipinski definition) is 7. The largest absolute Gasteiger partial charge is 0.444 e. The number of fused-ring (bicyclic) bond motifs is 1. The summed E-state index contributed by atoms with van der Waals surface area (Å²) in [4.78, 5) is 12.4. The third kappa shape index (κ3) is 7.14. The first kappa shape index (κ1) is 22.8. The molecule has 0 saturated heterocycles. The van der Waals surface area contributed by atoms with Crippen LogP contribution in [-0.2, 0) is 16.9 Å². The smallest absolute Gasteiger partial charge is 0.407 e. The van der Waals surface area contributed by atoms with Crippen molar-refractivity contribution in [3.8, 4) is 0 Å². The maximum atomic E-state index is 11.6. The zero-order chi connectivity index (χ0) is 21.6. The maximum absolute atomic E-state index is 11.6. The van der Waals surface area contributed by atoms with E-state index in [0.717, 1.165) is 51.6 Å². The molecule has 0 aliphatic rings. The Morgan fingerprint density at radius 3 is 2.87 bits per heavy atom.